The van der Waals surface area contributed by atoms with Crippen LogP contribution in [0.3, 0.4) is 0 Å². The molecule has 0 unspecified atom stereocenters. The molecular weight excluding hydrogens is 182 g/mol. The lowest BCUT2D eigenvalue weighted by Crippen LogP contribution is -2.24. The van der Waals surface area contributed by atoms with Crippen LogP contribution in [0, 0.1) is 0 Å². The van der Waals surface area contributed by atoms with Crippen LogP contribution in [0.2, 0.25) is 0 Å². The van der Waals surface area contributed by atoms with Crippen LogP contribution >= 0.6 is 0 Å². The fraction of sp³-hybridized carbons (Fsp3) is 0.286. The molecular formula is C14H17N. The molecule has 78 valence electrons. The van der Waals surface area contributed by atoms with E-state index in [2.05, 4.69) is 56.1 Å². The Morgan fingerprint density at radius 2 is 2.07 bits per heavy atom. The molecule has 0 radical (unpaired) electrons. The summed E-state index contributed by atoms with van der Waals surface area (Å²) in [5.74, 6) is 0. The van der Waals surface area contributed by atoms with E-state index in [1.165, 1.54) is 27.0 Å². The average molecular weight is 199 g/mol. The number of hydrogen-bond acceptors (Lipinski definition) is 0. The highest BCUT2D eigenvalue weighted by molar-refractivity contribution is 5.81. The van der Waals surface area contributed by atoms with Crippen molar-refractivity contribution in [2.75, 3.05) is 0 Å². The third-order valence-corrected chi connectivity index (χ3v) is 2.99. The van der Waals surface area contributed by atoms with Gasteiger partial charge in [-0.25, -0.2) is 0 Å². The number of aromatic amines is 1. The topological polar surface area (TPSA) is 15.8 Å². The fourth-order valence-electron chi connectivity index (χ4n) is 1.98. The van der Waals surface area contributed by atoms with Crippen LogP contribution in [0.25, 0.3) is 22.6 Å². The Kier molecular flexibility index (Phi) is 2.63. The Morgan fingerprint density at radius 3 is 2.73 bits per heavy atom. The molecule has 0 aliphatic carbocycles. The van der Waals surface area contributed by atoms with Gasteiger partial charge in [0.1, 0.15) is 0 Å². The highest BCUT2D eigenvalue weighted by atomic mass is 14.7. The maximum absolute atomic E-state index is 3.50. The Balaban J connectivity index is 3.01. The van der Waals surface area contributed by atoms with Gasteiger partial charge in [-0.15, -0.1) is 0 Å². The van der Waals surface area contributed by atoms with E-state index in [1.54, 1.807) is 0 Å². The lowest BCUT2D eigenvalue weighted by Gasteiger charge is -1.90. The SMILES string of the molecule is C/C=c1\c(=C(C)CC)[nH]c2ccccc12. The van der Waals surface area contributed by atoms with E-state index in [9.17, 15) is 0 Å². The summed E-state index contributed by atoms with van der Waals surface area (Å²) in [6, 6.07) is 8.47. The van der Waals surface area contributed by atoms with Crippen molar-refractivity contribution < 1.29 is 0 Å². The molecule has 0 aliphatic heterocycles. The first-order valence-corrected chi connectivity index (χ1v) is 5.50. The van der Waals surface area contributed by atoms with Gasteiger partial charge in [0.25, 0.3) is 0 Å². The molecule has 1 aromatic carbocycles. The van der Waals surface area contributed by atoms with Gasteiger partial charge in [-0.05, 0) is 31.9 Å². The van der Waals surface area contributed by atoms with Gasteiger partial charge in [-0.1, -0.05) is 31.2 Å². The molecule has 1 N–H and O–H groups in total. The van der Waals surface area contributed by atoms with E-state index in [0.717, 1.165) is 6.42 Å². The second-order valence-corrected chi connectivity index (χ2v) is 3.88. The van der Waals surface area contributed by atoms with E-state index in [4.69, 9.17) is 0 Å². The lowest BCUT2D eigenvalue weighted by atomic mass is 10.1. The standard InChI is InChI=1S/C14H17N/c1-4-10(3)14-11(5-2)12-8-6-7-9-13(12)15-14/h5-9,15H,4H2,1-3H3/b11-5-,14-10?. The molecule has 0 spiro atoms. The molecule has 0 aliphatic rings. The van der Waals surface area contributed by atoms with Gasteiger partial charge < -0.3 is 4.98 Å². The second-order valence-electron chi connectivity index (χ2n) is 3.88. The van der Waals surface area contributed by atoms with Crippen LogP contribution in [-0.4, -0.2) is 4.98 Å². The van der Waals surface area contributed by atoms with Crippen molar-refractivity contribution in [2.45, 2.75) is 27.2 Å². The minimum absolute atomic E-state index is 1.09. The van der Waals surface area contributed by atoms with Crippen LogP contribution < -0.4 is 10.6 Å². The maximum atomic E-state index is 3.50. The van der Waals surface area contributed by atoms with Gasteiger partial charge >= 0.3 is 0 Å². The molecule has 0 saturated heterocycles. The molecule has 1 heterocycles. The van der Waals surface area contributed by atoms with Gasteiger partial charge in [-0.3, -0.25) is 0 Å². The predicted octanol–water partition coefficient (Wildman–Crippen LogP) is 2.55. The third kappa shape index (κ3) is 1.58. The highest BCUT2D eigenvalue weighted by Crippen LogP contribution is 2.05. The van der Waals surface area contributed by atoms with E-state index < -0.39 is 0 Å². The van der Waals surface area contributed by atoms with Crippen molar-refractivity contribution in [1.29, 1.82) is 0 Å². The molecule has 2 rings (SSSR count). The summed E-state index contributed by atoms with van der Waals surface area (Å²) in [6.45, 7) is 6.49. The molecule has 0 bridgehead atoms. The Hall–Kier alpha value is -1.50. The normalized spacial score (nSPS) is 14.7. The Morgan fingerprint density at radius 1 is 1.33 bits per heavy atom. The van der Waals surface area contributed by atoms with Crippen LogP contribution in [0.5, 0.6) is 0 Å². The largest absolute Gasteiger partial charge is 0.355 e. The quantitative estimate of drug-likeness (QED) is 0.726. The van der Waals surface area contributed by atoms with Crippen LogP contribution in [0.15, 0.2) is 24.3 Å². The summed E-state index contributed by atoms with van der Waals surface area (Å²) < 4.78 is 0. The summed E-state index contributed by atoms with van der Waals surface area (Å²) in [5.41, 5.74) is 2.65. The Bertz CT molecular complexity index is 587. The first-order chi connectivity index (χ1) is 7.27. The van der Waals surface area contributed by atoms with Gasteiger partial charge in [0, 0.05) is 21.5 Å². The fourth-order valence-corrected chi connectivity index (χ4v) is 1.98. The first kappa shape index (κ1) is 10.0. The maximum Gasteiger partial charge on any atom is 0.0464 e. The van der Waals surface area contributed by atoms with Crippen molar-refractivity contribution in [2.24, 2.45) is 0 Å². The number of para-hydroxylation sites is 1. The number of nitrogens with one attached hydrogen (secondary N) is 1. The van der Waals surface area contributed by atoms with Gasteiger partial charge in [0.05, 0.1) is 0 Å². The summed E-state index contributed by atoms with van der Waals surface area (Å²) in [4.78, 5) is 3.50. The number of H-pyrrole nitrogens is 1. The lowest BCUT2D eigenvalue weighted by molar-refractivity contribution is 1.17. The average Bonchev–Trinajstić information content (AvgIpc) is 2.66. The zero-order chi connectivity index (χ0) is 10.8. The monoisotopic (exact) mass is 199 g/mol. The van der Waals surface area contributed by atoms with Crippen LogP contribution in [-0.2, 0) is 0 Å². The molecule has 15 heavy (non-hydrogen) atoms. The van der Waals surface area contributed by atoms with Gasteiger partial charge in [-0.2, -0.15) is 0 Å². The number of rotatable bonds is 1. The first-order valence-electron chi connectivity index (χ1n) is 5.50. The summed E-state index contributed by atoms with van der Waals surface area (Å²) in [6.07, 6.45) is 3.28. The molecule has 0 atom stereocenters. The second kappa shape index (κ2) is 3.93. The minimum Gasteiger partial charge on any atom is -0.355 e. The summed E-state index contributed by atoms with van der Waals surface area (Å²) in [7, 11) is 0. The molecule has 1 heteroatoms. The zero-order valence-electron chi connectivity index (χ0n) is 9.59. The third-order valence-electron chi connectivity index (χ3n) is 2.99. The Labute approximate surface area is 90.1 Å². The van der Waals surface area contributed by atoms with Gasteiger partial charge in [0.2, 0.25) is 0 Å². The van der Waals surface area contributed by atoms with Crippen molar-refractivity contribution in [1.82, 2.24) is 4.98 Å². The van der Waals surface area contributed by atoms with E-state index in [1.807, 2.05) is 0 Å². The number of aromatic nitrogens is 1. The number of hydrogen-bond donors (Lipinski definition) is 1. The molecule has 0 amide bonds. The smallest absolute Gasteiger partial charge is 0.0464 e. The number of fused-ring (bicyclic) bond motifs is 1. The molecule has 2 aromatic rings. The van der Waals surface area contributed by atoms with Crippen LogP contribution in [0.4, 0.5) is 0 Å². The summed E-state index contributed by atoms with van der Waals surface area (Å²) >= 11 is 0. The van der Waals surface area contributed by atoms with E-state index in [-0.39, 0.29) is 0 Å². The number of benzene rings is 1. The molecule has 1 nitrogen and oxygen atoms in total. The van der Waals surface area contributed by atoms with E-state index >= 15 is 0 Å². The van der Waals surface area contributed by atoms with Crippen molar-refractivity contribution in [3.8, 4) is 0 Å². The molecule has 0 saturated carbocycles. The van der Waals surface area contributed by atoms with E-state index in [0.29, 0.717) is 0 Å². The minimum atomic E-state index is 1.09. The van der Waals surface area contributed by atoms with Crippen molar-refractivity contribution in [3.05, 3.63) is 34.8 Å². The highest BCUT2D eigenvalue weighted by Gasteiger charge is 1.99. The predicted molar refractivity (Wildman–Crippen MR) is 67.1 cm³/mol. The molecule has 1 aromatic heterocycles. The van der Waals surface area contributed by atoms with Crippen LogP contribution in [0.1, 0.15) is 27.2 Å². The summed E-state index contributed by atoms with van der Waals surface area (Å²) in [5, 5.41) is 3.95. The van der Waals surface area contributed by atoms with Crippen molar-refractivity contribution in [3.63, 3.8) is 0 Å². The van der Waals surface area contributed by atoms with Gasteiger partial charge in [0.15, 0.2) is 0 Å². The molecule has 0 fully saturated rings. The van der Waals surface area contributed by atoms with Crippen molar-refractivity contribution >= 4 is 22.6 Å². The zero-order valence-corrected chi connectivity index (χ0v) is 9.59.